The summed E-state index contributed by atoms with van der Waals surface area (Å²) in [5.41, 5.74) is -1.26. The zero-order chi connectivity index (χ0) is 17.3. The van der Waals surface area contributed by atoms with E-state index in [0.717, 1.165) is 12.1 Å². The number of sulfonamides is 1. The Bertz CT molecular complexity index is 691. The van der Waals surface area contributed by atoms with Gasteiger partial charge in [-0.3, -0.25) is 4.79 Å². The highest BCUT2D eigenvalue weighted by atomic mass is 32.2. The molecule has 10 heteroatoms. The van der Waals surface area contributed by atoms with Gasteiger partial charge in [-0.25, -0.2) is 13.1 Å². The third-order valence-corrected chi connectivity index (χ3v) is 5.08. The van der Waals surface area contributed by atoms with Crippen LogP contribution >= 0.6 is 0 Å². The van der Waals surface area contributed by atoms with Crippen LogP contribution in [0.25, 0.3) is 0 Å². The Balaban J connectivity index is 2.25. The Labute approximate surface area is 130 Å². The zero-order valence-corrected chi connectivity index (χ0v) is 12.6. The second-order valence-electron chi connectivity index (χ2n) is 5.24. The average molecular weight is 352 g/mol. The fraction of sp³-hybridized carbons (Fsp3) is 0.462. The molecule has 3 N–H and O–H groups in total. The summed E-state index contributed by atoms with van der Waals surface area (Å²) >= 11 is 0. The average Bonchev–Trinajstić information content (AvgIpc) is 2.46. The quantitative estimate of drug-likeness (QED) is 0.753. The first-order valence-corrected chi connectivity index (χ1v) is 8.21. The number of hydrogen-bond acceptors (Lipinski definition) is 4. The molecule has 2 rings (SSSR count). The Morgan fingerprint density at radius 2 is 1.91 bits per heavy atom. The number of carboxylic acid groups (broad SMARTS) is 1. The summed E-state index contributed by atoms with van der Waals surface area (Å²) < 4.78 is 65.5. The van der Waals surface area contributed by atoms with Gasteiger partial charge in [0.05, 0.1) is 16.4 Å². The zero-order valence-electron chi connectivity index (χ0n) is 11.8. The van der Waals surface area contributed by atoms with Crippen LogP contribution in [0.2, 0.25) is 0 Å². The number of nitrogens with one attached hydrogen (secondary N) is 2. The van der Waals surface area contributed by atoms with Crippen LogP contribution in [-0.4, -0.2) is 38.6 Å². The van der Waals surface area contributed by atoms with Gasteiger partial charge in [0, 0.05) is 19.1 Å². The summed E-state index contributed by atoms with van der Waals surface area (Å²) in [7, 11) is -4.43. The van der Waals surface area contributed by atoms with Crippen molar-refractivity contribution in [2.45, 2.75) is 23.5 Å². The summed E-state index contributed by atoms with van der Waals surface area (Å²) in [6, 6.07) is 3.06. The summed E-state index contributed by atoms with van der Waals surface area (Å²) in [6.45, 7) is 0.337. The number of piperidine rings is 1. The van der Waals surface area contributed by atoms with Crippen LogP contribution in [0.5, 0.6) is 0 Å². The minimum absolute atomic E-state index is 0.00967. The first-order chi connectivity index (χ1) is 10.6. The van der Waals surface area contributed by atoms with Crippen LogP contribution in [0.4, 0.5) is 13.2 Å². The normalized spacial score (nSPS) is 22.7. The molecular weight excluding hydrogens is 337 g/mol. The summed E-state index contributed by atoms with van der Waals surface area (Å²) in [5.74, 6) is -1.88. The number of halogens is 3. The van der Waals surface area contributed by atoms with Gasteiger partial charge in [-0.05, 0) is 18.6 Å². The molecule has 0 radical (unpaired) electrons. The highest BCUT2D eigenvalue weighted by Crippen LogP contribution is 2.34. The molecule has 6 nitrogen and oxygen atoms in total. The molecule has 1 aliphatic rings. The minimum atomic E-state index is -4.81. The molecule has 0 spiro atoms. The van der Waals surface area contributed by atoms with E-state index in [1.807, 2.05) is 0 Å². The maximum Gasteiger partial charge on any atom is 0.417 e. The first-order valence-electron chi connectivity index (χ1n) is 6.73. The molecule has 2 unspecified atom stereocenters. The van der Waals surface area contributed by atoms with Gasteiger partial charge in [0.2, 0.25) is 10.0 Å². The molecule has 1 fully saturated rings. The Morgan fingerprint density at radius 3 is 2.52 bits per heavy atom. The van der Waals surface area contributed by atoms with Gasteiger partial charge >= 0.3 is 12.1 Å². The van der Waals surface area contributed by atoms with Crippen molar-refractivity contribution in [3.63, 3.8) is 0 Å². The fourth-order valence-corrected chi connectivity index (χ4v) is 3.91. The Morgan fingerprint density at radius 1 is 1.26 bits per heavy atom. The van der Waals surface area contributed by atoms with Crippen molar-refractivity contribution < 1.29 is 31.5 Å². The molecule has 0 bridgehead atoms. The molecule has 1 aliphatic heterocycles. The van der Waals surface area contributed by atoms with Crippen molar-refractivity contribution in [1.29, 1.82) is 0 Å². The molecule has 0 aliphatic carbocycles. The maximum atomic E-state index is 12.9. The lowest BCUT2D eigenvalue weighted by molar-refractivity contribution is -0.142. The van der Waals surface area contributed by atoms with Gasteiger partial charge in [0.1, 0.15) is 0 Å². The highest BCUT2D eigenvalue weighted by molar-refractivity contribution is 7.89. The predicted octanol–water partition coefficient (Wildman–Crippen LogP) is 1.05. The standard InChI is InChI=1S/C13H15F3N2O4S/c14-13(15,16)10-3-1-2-4-11(10)23(21,22)18-9-5-8(12(19)20)6-17-7-9/h1-4,8-9,17-18H,5-7H2,(H,19,20). The minimum Gasteiger partial charge on any atom is -0.481 e. The topological polar surface area (TPSA) is 95.5 Å². The molecule has 1 aromatic carbocycles. The second-order valence-corrected chi connectivity index (χ2v) is 6.92. The van der Waals surface area contributed by atoms with Crippen LogP contribution in [-0.2, 0) is 21.0 Å². The van der Waals surface area contributed by atoms with Crippen LogP contribution < -0.4 is 10.0 Å². The van der Waals surface area contributed by atoms with E-state index < -0.39 is 44.6 Å². The third kappa shape index (κ3) is 4.21. The number of hydrogen-bond donors (Lipinski definition) is 3. The lowest BCUT2D eigenvalue weighted by atomic mass is 9.97. The van der Waals surface area contributed by atoms with E-state index in [2.05, 4.69) is 10.0 Å². The van der Waals surface area contributed by atoms with Crippen molar-refractivity contribution in [2.75, 3.05) is 13.1 Å². The van der Waals surface area contributed by atoms with Gasteiger partial charge < -0.3 is 10.4 Å². The van der Waals surface area contributed by atoms with Crippen LogP contribution in [0, 0.1) is 5.92 Å². The summed E-state index contributed by atoms with van der Waals surface area (Å²) in [4.78, 5) is 10.1. The van der Waals surface area contributed by atoms with Crippen LogP contribution in [0.15, 0.2) is 29.2 Å². The molecule has 1 heterocycles. The lowest BCUT2D eigenvalue weighted by Gasteiger charge is -2.28. The van der Waals surface area contributed by atoms with E-state index >= 15 is 0 Å². The molecule has 0 amide bonds. The number of benzene rings is 1. The van der Waals surface area contributed by atoms with Crippen molar-refractivity contribution >= 4 is 16.0 Å². The SMILES string of the molecule is O=C(O)C1CNCC(NS(=O)(=O)c2ccccc2C(F)(F)F)C1. The smallest absolute Gasteiger partial charge is 0.417 e. The molecule has 1 aromatic rings. The van der Waals surface area contributed by atoms with Crippen LogP contribution in [0.3, 0.4) is 0 Å². The maximum absolute atomic E-state index is 12.9. The van der Waals surface area contributed by atoms with Crippen LogP contribution in [0.1, 0.15) is 12.0 Å². The monoisotopic (exact) mass is 352 g/mol. The van der Waals surface area contributed by atoms with Gasteiger partial charge in [-0.2, -0.15) is 13.2 Å². The molecule has 1 saturated heterocycles. The van der Waals surface area contributed by atoms with E-state index in [-0.39, 0.29) is 19.5 Å². The molecule has 23 heavy (non-hydrogen) atoms. The number of carboxylic acids is 1. The van der Waals surface area contributed by atoms with E-state index in [0.29, 0.717) is 6.07 Å². The van der Waals surface area contributed by atoms with Crippen molar-refractivity contribution in [3.8, 4) is 0 Å². The van der Waals surface area contributed by atoms with Crippen molar-refractivity contribution in [1.82, 2.24) is 10.0 Å². The first kappa shape index (κ1) is 17.7. The second kappa shape index (κ2) is 6.46. The van der Waals surface area contributed by atoms with E-state index in [1.54, 1.807) is 0 Å². The fourth-order valence-electron chi connectivity index (χ4n) is 2.44. The van der Waals surface area contributed by atoms with Crippen molar-refractivity contribution in [3.05, 3.63) is 29.8 Å². The number of carbonyl (C=O) groups is 1. The van der Waals surface area contributed by atoms with Gasteiger partial charge in [-0.1, -0.05) is 12.1 Å². The summed E-state index contributed by atoms with van der Waals surface area (Å²) in [6.07, 6.45) is -4.80. The molecule has 0 saturated carbocycles. The number of alkyl halides is 3. The van der Waals surface area contributed by atoms with Gasteiger partial charge in [0.15, 0.2) is 0 Å². The number of rotatable bonds is 4. The van der Waals surface area contributed by atoms with Crippen molar-refractivity contribution in [2.24, 2.45) is 5.92 Å². The van der Waals surface area contributed by atoms with Gasteiger partial charge in [0.25, 0.3) is 0 Å². The number of aliphatic carboxylic acids is 1. The highest BCUT2D eigenvalue weighted by Gasteiger charge is 2.38. The summed E-state index contributed by atoms with van der Waals surface area (Å²) in [5, 5.41) is 11.7. The third-order valence-electron chi connectivity index (χ3n) is 3.50. The van der Waals surface area contributed by atoms with E-state index in [4.69, 9.17) is 5.11 Å². The lowest BCUT2D eigenvalue weighted by Crippen LogP contribution is -2.50. The molecular formula is C13H15F3N2O4S. The van der Waals surface area contributed by atoms with E-state index in [9.17, 15) is 26.4 Å². The Kier molecular flexibility index (Phi) is 4.97. The molecule has 0 aromatic heterocycles. The largest absolute Gasteiger partial charge is 0.481 e. The van der Waals surface area contributed by atoms with Gasteiger partial charge in [-0.15, -0.1) is 0 Å². The van der Waals surface area contributed by atoms with E-state index in [1.165, 1.54) is 6.07 Å². The Hall–Kier alpha value is -1.65. The predicted molar refractivity (Wildman–Crippen MR) is 74.2 cm³/mol. The molecule has 2 atom stereocenters. The molecule has 128 valence electrons.